The summed E-state index contributed by atoms with van der Waals surface area (Å²) in [5.41, 5.74) is 0. The van der Waals surface area contributed by atoms with Crippen molar-refractivity contribution in [1.82, 2.24) is 0 Å². The summed E-state index contributed by atoms with van der Waals surface area (Å²) in [4.78, 5) is 10.7. The third-order valence-corrected chi connectivity index (χ3v) is 4.09. The summed E-state index contributed by atoms with van der Waals surface area (Å²) >= 11 is 0.557. The molecule has 6 heteroatoms. The van der Waals surface area contributed by atoms with Gasteiger partial charge in [0.2, 0.25) is 5.12 Å². The minimum atomic E-state index is -4.13. The average Bonchev–Trinajstić information content (AvgIpc) is 1.97. The van der Waals surface area contributed by atoms with E-state index in [1.165, 1.54) is 0 Å². The van der Waals surface area contributed by atoms with Crippen LogP contribution in [0.3, 0.4) is 0 Å². The van der Waals surface area contributed by atoms with Crippen LogP contribution in [0.1, 0.15) is 13.3 Å². The summed E-state index contributed by atoms with van der Waals surface area (Å²) in [6.07, 6.45) is 1.20. The molecule has 0 aliphatic carbocycles. The van der Waals surface area contributed by atoms with Gasteiger partial charge in [-0.05, 0) is 12.5 Å². The SMILES string of the molecule is C=CC(=O)SC(CC)S(=O)(=O)O. The van der Waals surface area contributed by atoms with Crippen LogP contribution in [-0.4, -0.2) is 22.7 Å². The molecule has 0 aliphatic rings. The first-order valence-corrected chi connectivity index (χ1v) is 5.59. The number of carbonyl (C=O) groups is 1. The molecule has 0 rings (SSSR count). The minimum Gasteiger partial charge on any atom is -0.285 e. The lowest BCUT2D eigenvalue weighted by atomic mass is 10.6. The van der Waals surface area contributed by atoms with Gasteiger partial charge < -0.3 is 0 Å². The Bertz CT molecular complexity index is 267. The van der Waals surface area contributed by atoms with Crippen LogP contribution in [0, 0.1) is 0 Å². The van der Waals surface area contributed by atoms with Gasteiger partial charge in [0.15, 0.2) is 0 Å². The van der Waals surface area contributed by atoms with Crippen LogP contribution in [0.5, 0.6) is 0 Å². The second-order valence-corrected chi connectivity index (χ2v) is 5.10. The molecular weight excluding hydrogens is 200 g/mol. The van der Waals surface area contributed by atoms with Gasteiger partial charge in [-0.3, -0.25) is 9.35 Å². The van der Waals surface area contributed by atoms with E-state index in [1.54, 1.807) is 6.92 Å². The van der Waals surface area contributed by atoms with Gasteiger partial charge in [0, 0.05) is 0 Å². The number of hydrogen-bond donors (Lipinski definition) is 1. The molecule has 0 fully saturated rings. The summed E-state index contributed by atoms with van der Waals surface area (Å²) in [6.45, 7) is 4.75. The number of rotatable bonds is 4. The van der Waals surface area contributed by atoms with E-state index < -0.39 is 19.8 Å². The Morgan fingerprint density at radius 3 is 2.50 bits per heavy atom. The molecule has 1 unspecified atom stereocenters. The maximum Gasteiger partial charge on any atom is 0.277 e. The van der Waals surface area contributed by atoms with E-state index in [2.05, 4.69) is 6.58 Å². The summed E-state index contributed by atoms with van der Waals surface area (Å²) in [5, 5.41) is -0.459. The van der Waals surface area contributed by atoms with Crippen molar-refractivity contribution < 1.29 is 17.8 Å². The molecule has 0 aromatic rings. The van der Waals surface area contributed by atoms with Gasteiger partial charge in [0.25, 0.3) is 10.1 Å². The van der Waals surface area contributed by atoms with Gasteiger partial charge in [-0.2, -0.15) is 8.42 Å². The summed E-state index contributed by atoms with van der Waals surface area (Å²) < 4.78 is 28.6. The maximum atomic E-state index is 10.7. The van der Waals surface area contributed by atoms with E-state index in [0.29, 0.717) is 11.8 Å². The predicted octanol–water partition coefficient (Wildman–Crippen LogP) is 1.06. The highest BCUT2D eigenvalue weighted by Crippen LogP contribution is 2.20. The van der Waals surface area contributed by atoms with Crippen molar-refractivity contribution in [2.45, 2.75) is 17.9 Å². The Morgan fingerprint density at radius 2 is 2.25 bits per heavy atom. The smallest absolute Gasteiger partial charge is 0.277 e. The fourth-order valence-electron chi connectivity index (χ4n) is 0.532. The van der Waals surface area contributed by atoms with E-state index in [0.717, 1.165) is 6.08 Å². The highest BCUT2D eigenvalue weighted by Gasteiger charge is 2.23. The fraction of sp³-hybridized carbons (Fsp3) is 0.500. The summed E-state index contributed by atoms with van der Waals surface area (Å²) in [5.74, 6) is 0. The molecule has 12 heavy (non-hydrogen) atoms. The Labute approximate surface area is 75.8 Å². The molecule has 70 valence electrons. The average molecular weight is 210 g/mol. The van der Waals surface area contributed by atoms with Crippen molar-refractivity contribution in [3.8, 4) is 0 Å². The zero-order valence-corrected chi connectivity index (χ0v) is 8.19. The van der Waals surface area contributed by atoms with Crippen molar-refractivity contribution in [2.24, 2.45) is 0 Å². The zero-order chi connectivity index (χ0) is 9.78. The van der Waals surface area contributed by atoms with Crippen molar-refractivity contribution in [2.75, 3.05) is 0 Å². The number of hydrogen-bond acceptors (Lipinski definition) is 4. The van der Waals surface area contributed by atoms with Crippen LogP contribution < -0.4 is 0 Å². The van der Waals surface area contributed by atoms with Crippen LogP contribution in [0.2, 0.25) is 0 Å². The highest BCUT2D eigenvalue weighted by atomic mass is 32.3. The third-order valence-electron chi connectivity index (χ3n) is 1.08. The standard InChI is InChI=1S/C6H10O4S2/c1-3-5(7)11-6(4-2)12(8,9)10/h3,6H,1,4H2,2H3,(H,8,9,10). The third kappa shape index (κ3) is 3.89. The molecule has 0 amide bonds. The first kappa shape index (κ1) is 11.7. The number of carbonyl (C=O) groups excluding carboxylic acids is 1. The Balaban J connectivity index is 4.40. The minimum absolute atomic E-state index is 0.184. The molecule has 0 saturated carbocycles. The topological polar surface area (TPSA) is 71.4 Å². The summed E-state index contributed by atoms with van der Waals surface area (Å²) in [6, 6.07) is 0. The Hall–Kier alpha value is -0.330. The monoisotopic (exact) mass is 210 g/mol. The van der Waals surface area contributed by atoms with Crippen molar-refractivity contribution >= 4 is 27.0 Å². The second-order valence-electron chi connectivity index (χ2n) is 1.99. The van der Waals surface area contributed by atoms with Crippen molar-refractivity contribution in [3.05, 3.63) is 12.7 Å². The first-order valence-electron chi connectivity index (χ1n) is 3.21. The van der Waals surface area contributed by atoms with Gasteiger partial charge in [-0.15, -0.1) is 0 Å². The fourth-order valence-corrected chi connectivity index (χ4v) is 2.25. The predicted molar refractivity (Wildman–Crippen MR) is 48.4 cm³/mol. The van der Waals surface area contributed by atoms with Gasteiger partial charge in [0.1, 0.15) is 4.58 Å². The van der Waals surface area contributed by atoms with Gasteiger partial charge in [-0.25, -0.2) is 0 Å². The Morgan fingerprint density at radius 1 is 1.75 bits per heavy atom. The molecular formula is C6H10O4S2. The van der Waals surface area contributed by atoms with E-state index in [1.807, 2.05) is 0 Å². The van der Waals surface area contributed by atoms with Crippen molar-refractivity contribution in [1.29, 1.82) is 0 Å². The molecule has 0 saturated heterocycles. The molecule has 1 N–H and O–H groups in total. The summed E-state index contributed by atoms with van der Waals surface area (Å²) in [7, 11) is -4.13. The molecule has 0 aromatic heterocycles. The highest BCUT2D eigenvalue weighted by molar-refractivity contribution is 8.21. The van der Waals surface area contributed by atoms with Gasteiger partial charge in [-0.1, -0.05) is 25.3 Å². The molecule has 1 atom stereocenters. The lowest BCUT2D eigenvalue weighted by Crippen LogP contribution is -2.17. The largest absolute Gasteiger partial charge is 0.285 e. The van der Waals surface area contributed by atoms with Crippen LogP contribution in [-0.2, 0) is 14.9 Å². The lowest BCUT2D eigenvalue weighted by molar-refractivity contribution is -0.107. The molecule has 4 nitrogen and oxygen atoms in total. The maximum absolute atomic E-state index is 10.7. The first-order chi connectivity index (χ1) is 5.41. The quantitative estimate of drug-likeness (QED) is 0.555. The second kappa shape index (κ2) is 4.64. The van der Waals surface area contributed by atoms with E-state index in [4.69, 9.17) is 4.55 Å². The molecule has 0 heterocycles. The Kier molecular flexibility index (Phi) is 4.51. The van der Waals surface area contributed by atoms with Crippen LogP contribution in [0.25, 0.3) is 0 Å². The van der Waals surface area contributed by atoms with Crippen LogP contribution in [0.4, 0.5) is 0 Å². The van der Waals surface area contributed by atoms with Gasteiger partial charge in [0.05, 0.1) is 0 Å². The van der Waals surface area contributed by atoms with E-state index in [-0.39, 0.29) is 6.42 Å². The van der Waals surface area contributed by atoms with Gasteiger partial charge >= 0.3 is 0 Å². The molecule has 0 spiro atoms. The van der Waals surface area contributed by atoms with E-state index in [9.17, 15) is 13.2 Å². The van der Waals surface area contributed by atoms with Crippen LogP contribution >= 0.6 is 11.8 Å². The normalized spacial score (nSPS) is 13.8. The van der Waals surface area contributed by atoms with Crippen molar-refractivity contribution in [3.63, 3.8) is 0 Å². The molecule has 0 aromatic carbocycles. The molecule has 0 radical (unpaired) electrons. The lowest BCUT2D eigenvalue weighted by Gasteiger charge is -2.07. The molecule has 0 bridgehead atoms. The number of thioether (sulfide) groups is 1. The zero-order valence-electron chi connectivity index (χ0n) is 6.56. The van der Waals surface area contributed by atoms with Crippen LogP contribution in [0.15, 0.2) is 12.7 Å². The van der Waals surface area contributed by atoms with E-state index >= 15 is 0 Å². The molecule has 0 aliphatic heterocycles.